The van der Waals surface area contributed by atoms with Gasteiger partial charge in [-0.2, -0.15) is 5.26 Å². The molecule has 2 N–H and O–H groups in total. The molecule has 102 valence electrons. The average molecular weight is 258 g/mol. The molecule has 0 amide bonds. The van der Waals surface area contributed by atoms with Crippen molar-refractivity contribution in [1.82, 2.24) is 4.98 Å². The van der Waals surface area contributed by atoms with Crippen LogP contribution >= 0.6 is 0 Å². The Balaban J connectivity index is 2.18. The maximum Gasteiger partial charge on any atom is 0.103 e. The van der Waals surface area contributed by atoms with Gasteiger partial charge in [-0.25, -0.2) is 0 Å². The van der Waals surface area contributed by atoms with Crippen molar-refractivity contribution >= 4 is 5.69 Å². The number of rotatable bonds is 3. The molecule has 0 spiro atoms. The first-order valence-electron chi connectivity index (χ1n) is 6.99. The number of anilines is 1. The molecule has 0 aliphatic carbocycles. The van der Waals surface area contributed by atoms with Crippen LogP contribution in [-0.2, 0) is 0 Å². The lowest BCUT2D eigenvalue weighted by molar-refractivity contribution is 0.386. The minimum atomic E-state index is 0.725. The molecule has 1 fully saturated rings. The third kappa shape index (κ3) is 3.05. The molecular formula is C15H22N4. The van der Waals surface area contributed by atoms with E-state index in [0.717, 1.165) is 54.6 Å². The molecule has 0 saturated carbocycles. The molecule has 1 aromatic heterocycles. The van der Waals surface area contributed by atoms with Gasteiger partial charge >= 0.3 is 0 Å². The number of nitriles is 1. The summed E-state index contributed by atoms with van der Waals surface area (Å²) in [5.41, 5.74) is 9.22. The van der Waals surface area contributed by atoms with Crippen LogP contribution in [0.5, 0.6) is 0 Å². The monoisotopic (exact) mass is 258 g/mol. The maximum atomic E-state index is 9.32. The number of pyridine rings is 1. The van der Waals surface area contributed by atoms with E-state index in [1.165, 1.54) is 12.8 Å². The van der Waals surface area contributed by atoms with E-state index in [1.54, 1.807) is 0 Å². The molecule has 0 unspecified atom stereocenters. The fraction of sp³-hybridized carbons (Fsp3) is 0.600. The fourth-order valence-corrected chi connectivity index (χ4v) is 2.89. The highest BCUT2D eigenvalue weighted by atomic mass is 15.1. The lowest BCUT2D eigenvalue weighted by Crippen LogP contribution is -2.35. The number of nitrogens with zero attached hydrogens (tertiary/aromatic N) is 3. The zero-order valence-corrected chi connectivity index (χ0v) is 11.8. The van der Waals surface area contributed by atoms with Gasteiger partial charge in [0.15, 0.2) is 0 Å². The van der Waals surface area contributed by atoms with E-state index in [1.807, 2.05) is 19.9 Å². The first kappa shape index (κ1) is 13.8. The summed E-state index contributed by atoms with van der Waals surface area (Å²) in [5, 5.41) is 9.32. The Morgan fingerprint density at radius 2 is 2.11 bits per heavy atom. The van der Waals surface area contributed by atoms with E-state index >= 15 is 0 Å². The summed E-state index contributed by atoms with van der Waals surface area (Å²) in [6, 6.07) is 4.34. The highest BCUT2D eigenvalue weighted by Crippen LogP contribution is 2.28. The van der Waals surface area contributed by atoms with Gasteiger partial charge in [0.2, 0.25) is 0 Å². The lowest BCUT2D eigenvalue weighted by atomic mass is 9.93. The maximum absolute atomic E-state index is 9.32. The predicted octanol–water partition coefficient (Wildman–Crippen LogP) is 2.14. The van der Waals surface area contributed by atoms with Gasteiger partial charge in [-0.15, -0.1) is 0 Å². The molecule has 2 rings (SSSR count). The molecular weight excluding hydrogens is 236 g/mol. The molecule has 0 bridgehead atoms. The van der Waals surface area contributed by atoms with E-state index < -0.39 is 0 Å². The first-order chi connectivity index (χ1) is 9.15. The Hall–Kier alpha value is -1.60. The van der Waals surface area contributed by atoms with Crippen LogP contribution in [0.15, 0.2) is 6.07 Å². The van der Waals surface area contributed by atoms with Gasteiger partial charge in [-0.05, 0) is 51.6 Å². The Kier molecular flexibility index (Phi) is 4.39. The van der Waals surface area contributed by atoms with Crippen LogP contribution in [0.4, 0.5) is 5.69 Å². The molecule has 19 heavy (non-hydrogen) atoms. The van der Waals surface area contributed by atoms with Crippen molar-refractivity contribution in [3.8, 4) is 6.07 Å². The number of nitrogens with two attached hydrogens (primary N) is 1. The van der Waals surface area contributed by atoms with Crippen LogP contribution in [0.25, 0.3) is 0 Å². The standard InChI is InChI=1S/C15H22N4/c1-11-9-15(14(10-17)12(2)18-11)19-7-4-13(3-6-16)5-8-19/h9,13H,3-8,16H2,1-2H3. The molecule has 1 aliphatic rings. The van der Waals surface area contributed by atoms with Crippen molar-refractivity contribution in [2.75, 3.05) is 24.5 Å². The molecule has 1 aliphatic heterocycles. The highest BCUT2D eigenvalue weighted by molar-refractivity contribution is 5.61. The van der Waals surface area contributed by atoms with Crippen LogP contribution in [-0.4, -0.2) is 24.6 Å². The van der Waals surface area contributed by atoms with Crippen LogP contribution in [0.2, 0.25) is 0 Å². The van der Waals surface area contributed by atoms with Crippen LogP contribution in [0.1, 0.15) is 36.2 Å². The zero-order valence-electron chi connectivity index (χ0n) is 11.8. The summed E-state index contributed by atoms with van der Waals surface area (Å²) in [6.45, 7) is 6.71. The molecule has 0 radical (unpaired) electrons. The normalized spacial score (nSPS) is 16.4. The summed E-state index contributed by atoms with van der Waals surface area (Å²) in [7, 11) is 0. The molecule has 1 saturated heterocycles. The third-order valence-corrected chi connectivity index (χ3v) is 3.95. The van der Waals surface area contributed by atoms with Gasteiger partial charge in [0.25, 0.3) is 0 Å². The highest BCUT2D eigenvalue weighted by Gasteiger charge is 2.21. The minimum absolute atomic E-state index is 0.725. The topological polar surface area (TPSA) is 65.9 Å². The summed E-state index contributed by atoms with van der Waals surface area (Å²) < 4.78 is 0. The van der Waals surface area contributed by atoms with E-state index in [-0.39, 0.29) is 0 Å². The second kappa shape index (κ2) is 6.03. The van der Waals surface area contributed by atoms with Crippen molar-refractivity contribution in [2.45, 2.75) is 33.1 Å². The molecule has 1 aromatic rings. The largest absolute Gasteiger partial charge is 0.370 e. The van der Waals surface area contributed by atoms with Gasteiger partial charge in [-0.3, -0.25) is 4.98 Å². The van der Waals surface area contributed by atoms with Crippen LogP contribution < -0.4 is 10.6 Å². The number of aryl methyl sites for hydroxylation is 2. The van der Waals surface area contributed by atoms with Crippen LogP contribution in [0, 0.1) is 31.1 Å². The summed E-state index contributed by atoms with van der Waals surface area (Å²) in [4.78, 5) is 6.71. The lowest BCUT2D eigenvalue weighted by Gasteiger charge is -2.34. The molecule has 4 heteroatoms. The smallest absolute Gasteiger partial charge is 0.103 e. The fourth-order valence-electron chi connectivity index (χ4n) is 2.89. The summed E-state index contributed by atoms with van der Waals surface area (Å²) in [6.07, 6.45) is 3.46. The summed E-state index contributed by atoms with van der Waals surface area (Å²) >= 11 is 0. The molecule has 2 heterocycles. The average Bonchev–Trinajstić information content (AvgIpc) is 2.39. The molecule has 0 atom stereocenters. The Morgan fingerprint density at radius 3 is 2.68 bits per heavy atom. The Morgan fingerprint density at radius 1 is 1.42 bits per heavy atom. The minimum Gasteiger partial charge on any atom is -0.370 e. The van der Waals surface area contributed by atoms with Gasteiger partial charge < -0.3 is 10.6 Å². The van der Waals surface area contributed by atoms with Crippen molar-refractivity contribution in [3.05, 3.63) is 23.0 Å². The van der Waals surface area contributed by atoms with Crippen LogP contribution in [0.3, 0.4) is 0 Å². The van der Waals surface area contributed by atoms with Crippen molar-refractivity contribution in [2.24, 2.45) is 11.7 Å². The van der Waals surface area contributed by atoms with E-state index in [2.05, 4.69) is 16.0 Å². The number of aromatic nitrogens is 1. The Labute approximate surface area is 115 Å². The second-order valence-corrected chi connectivity index (χ2v) is 5.36. The van der Waals surface area contributed by atoms with E-state index in [9.17, 15) is 5.26 Å². The van der Waals surface area contributed by atoms with Crippen molar-refractivity contribution in [1.29, 1.82) is 5.26 Å². The first-order valence-corrected chi connectivity index (χ1v) is 6.99. The van der Waals surface area contributed by atoms with Gasteiger partial charge in [0.1, 0.15) is 6.07 Å². The van der Waals surface area contributed by atoms with Gasteiger partial charge in [0, 0.05) is 18.8 Å². The van der Waals surface area contributed by atoms with Crippen molar-refractivity contribution in [3.63, 3.8) is 0 Å². The number of hydrogen-bond donors (Lipinski definition) is 1. The molecule has 4 nitrogen and oxygen atoms in total. The summed E-state index contributed by atoms with van der Waals surface area (Å²) in [5.74, 6) is 0.746. The number of piperidine rings is 1. The SMILES string of the molecule is Cc1cc(N2CCC(CCN)CC2)c(C#N)c(C)n1. The number of hydrogen-bond acceptors (Lipinski definition) is 4. The van der Waals surface area contributed by atoms with Gasteiger partial charge in [0.05, 0.1) is 16.9 Å². The Bertz CT molecular complexity index is 482. The predicted molar refractivity (Wildman–Crippen MR) is 77.0 cm³/mol. The van der Waals surface area contributed by atoms with E-state index in [0.29, 0.717) is 0 Å². The van der Waals surface area contributed by atoms with Crippen molar-refractivity contribution < 1.29 is 0 Å². The van der Waals surface area contributed by atoms with Gasteiger partial charge in [-0.1, -0.05) is 0 Å². The quantitative estimate of drug-likeness (QED) is 0.902. The second-order valence-electron chi connectivity index (χ2n) is 5.36. The zero-order chi connectivity index (χ0) is 13.8. The molecule has 0 aromatic carbocycles. The van der Waals surface area contributed by atoms with E-state index in [4.69, 9.17) is 5.73 Å². The third-order valence-electron chi connectivity index (χ3n) is 3.95.